The summed E-state index contributed by atoms with van der Waals surface area (Å²) in [6, 6.07) is 0.734. The maximum atomic E-state index is 8.93. The number of aliphatic hydroxyl groups is 1. The van der Waals surface area contributed by atoms with Crippen molar-refractivity contribution in [3.8, 4) is 0 Å². The van der Waals surface area contributed by atoms with Crippen LogP contribution < -0.4 is 11.1 Å². The van der Waals surface area contributed by atoms with Crippen LogP contribution in [-0.4, -0.2) is 30.3 Å². The SMILES string of the molecule is CC(CO)NC1CCCCC1CN. The smallest absolute Gasteiger partial charge is 0.0582 e. The highest BCUT2D eigenvalue weighted by molar-refractivity contribution is 4.83. The van der Waals surface area contributed by atoms with Gasteiger partial charge in [0.05, 0.1) is 6.61 Å². The van der Waals surface area contributed by atoms with Crippen molar-refractivity contribution in [2.24, 2.45) is 11.7 Å². The van der Waals surface area contributed by atoms with Crippen LogP contribution in [0.3, 0.4) is 0 Å². The number of nitrogens with one attached hydrogen (secondary N) is 1. The molecule has 1 aliphatic carbocycles. The van der Waals surface area contributed by atoms with Gasteiger partial charge in [-0.05, 0) is 32.2 Å². The first kappa shape index (κ1) is 11.0. The van der Waals surface area contributed by atoms with E-state index in [2.05, 4.69) is 5.32 Å². The fourth-order valence-electron chi connectivity index (χ4n) is 2.13. The van der Waals surface area contributed by atoms with Crippen LogP contribution in [0.25, 0.3) is 0 Å². The largest absolute Gasteiger partial charge is 0.395 e. The molecule has 0 spiro atoms. The molecule has 78 valence electrons. The second-order valence-corrected chi connectivity index (χ2v) is 4.14. The fourth-order valence-corrected chi connectivity index (χ4v) is 2.13. The molecular formula is C10H22N2O. The van der Waals surface area contributed by atoms with Gasteiger partial charge in [-0.15, -0.1) is 0 Å². The second-order valence-electron chi connectivity index (χ2n) is 4.14. The van der Waals surface area contributed by atoms with Crippen LogP contribution in [0.15, 0.2) is 0 Å². The molecule has 3 unspecified atom stereocenters. The Morgan fingerprint density at radius 2 is 2.15 bits per heavy atom. The van der Waals surface area contributed by atoms with Gasteiger partial charge in [-0.25, -0.2) is 0 Å². The van der Waals surface area contributed by atoms with Crippen molar-refractivity contribution in [2.45, 2.75) is 44.7 Å². The zero-order chi connectivity index (χ0) is 9.68. The van der Waals surface area contributed by atoms with Crippen LogP contribution in [-0.2, 0) is 0 Å². The Morgan fingerprint density at radius 3 is 2.77 bits per heavy atom. The lowest BCUT2D eigenvalue weighted by Gasteiger charge is -2.33. The van der Waals surface area contributed by atoms with Gasteiger partial charge >= 0.3 is 0 Å². The molecule has 0 aromatic rings. The molecule has 3 heteroatoms. The van der Waals surface area contributed by atoms with Crippen molar-refractivity contribution in [1.29, 1.82) is 0 Å². The minimum absolute atomic E-state index is 0.206. The van der Waals surface area contributed by atoms with Gasteiger partial charge in [-0.3, -0.25) is 0 Å². The van der Waals surface area contributed by atoms with Gasteiger partial charge in [-0.1, -0.05) is 12.8 Å². The maximum absolute atomic E-state index is 8.93. The Morgan fingerprint density at radius 1 is 1.46 bits per heavy atom. The van der Waals surface area contributed by atoms with E-state index in [0.717, 1.165) is 6.54 Å². The molecule has 3 nitrogen and oxygen atoms in total. The van der Waals surface area contributed by atoms with E-state index in [-0.39, 0.29) is 12.6 Å². The summed E-state index contributed by atoms with van der Waals surface area (Å²) in [6.07, 6.45) is 5.07. The highest BCUT2D eigenvalue weighted by Crippen LogP contribution is 2.23. The first-order valence-electron chi connectivity index (χ1n) is 5.35. The molecule has 13 heavy (non-hydrogen) atoms. The Bertz CT molecular complexity index is 141. The molecule has 4 N–H and O–H groups in total. The van der Waals surface area contributed by atoms with Crippen molar-refractivity contribution in [2.75, 3.05) is 13.2 Å². The van der Waals surface area contributed by atoms with Gasteiger partial charge in [0.15, 0.2) is 0 Å². The third-order valence-corrected chi connectivity index (χ3v) is 2.98. The van der Waals surface area contributed by atoms with Crippen LogP contribution in [0.5, 0.6) is 0 Å². The summed E-state index contributed by atoms with van der Waals surface area (Å²) >= 11 is 0. The predicted octanol–water partition coefficient (Wildman–Crippen LogP) is 0.474. The Kier molecular flexibility index (Phi) is 4.70. The Labute approximate surface area is 80.7 Å². The zero-order valence-electron chi connectivity index (χ0n) is 8.50. The molecule has 1 saturated carbocycles. The average Bonchev–Trinajstić information content (AvgIpc) is 2.18. The van der Waals surface area contributed by atoms with Crippen molar-refractivity contribution < 1.29 is 5.11 Å². The van der Waals surface area contributed by atoms with Crippen molar-refractivity contribution >= 4 is 0 Å². The van der Waals surface area contributed by atoms with E-state index in [0.29, 0.717) is 12.0 Å². The van der Waals surface area contributed by atoms with Gasteiger partial charge in [0.25, 0.3) is 0 Å². The van der Waals surface area contributed by atoms with Crippen LogP contribution >= 0.6 is 0 Å². The van der Waals surface area contributed by atoms with Gasteiger partial charge in [0, 0.05) is 12.1 Å². The molecule has 0 aromatic heterocycles. The second kappa shape index (κ2) is 5.58. The lowest BCUT2D eigenvalue weighted by atomic mass is 9.84. The molecule has 3 atom stereocenters. The van der Waals surface area contributed by atoms with Crippen molar-refractivity contribution in [3.05, 3.63) is 0 Å². The molecule has 0 aliphatic heterocycles. The van der Waals surface area contributed by atoms with Crippen LogP contribution in [0.2, 0.25) is 0 Å². The first-order valence-corrected chi connectivity index (χ1v) is 5.35. The lowest BCUT2D eigenvalue weighted by Crippen LogP contribution is -2.46. The van der Waals surface area contributed by atoms with Crippen LogP contribution in [0.1, 0.15) is 32.6 Å². The van der Waals surface area contributed by atoms with Crippen LogP contribution in [0, 0.1) is 5.92 Å². The summed E-state index contributed by atoms with van der Waals surface area (Å²) < 4.78 is 0. The number of nitrogens with two attached hydrogens (primary N) is 1. The van der Waals surface area contributed by atoms with Gasteiger partial charge in [0.1, 0.15) is 0 Å². The molecule has 0 amide bonds. The maximum Gasteiger partial charge on any atom is 0.0582 e. The molecule has 0 heterocycles. The zero-order valence-corrected chi connectivity index (χ0v) is 8.50. The molecule has 0 radical (unpaired) electrons. The van der Waals surface area contributed by atoms with Gasteiger partial charge in [-0.2, -0.15) is 0 Å². The van der Waals surface area contributed by atoms with Gasteiger partial charge in [0.2, 0.25) is 0 Å². The third kappa shape index (κ3) is 3.25. The number of hydrogen-bond donors (Lipinski definition) is 3. The normalized spacial score (nSPS) is 31.6. The summed E-state index contributed by atoms with van der Waals surface area (Å²) in [4.78, 5) is 0. The highest BCUT2D eigenvalue weighted by atomic mass is 16.3. The van der Waals surface area contributed by atoms with Gasteiger partial charge < -0.3 is 16.2 Å². The van der Waals surface area contributed by atoms with E-state index in [1.807, 2.05) is 6.92 Å². The first-order chi connectivity index (χ1) is 6.27. The van der Waals surface area contributed by atoms with Crippen LogP contribution in [0.4, 0.5) is 0 Å². The van der Waals surface area contributed by atoms with Crippen molar-refractivity contribution in [3.63, 3.8) is 0 Å². The van der Waals surface area contributed by atoms with E-state index in [4.69, 9.17) is 10.8 Å². The highest BCUT2D eigenvalue weighted by Gasteiger charge is 2.24. The third-order valence-electron chi connectivity index (χ3n) is 2.98. The Hall–Kier alpha value is -0.120. The number of rotatable bonds is 4. The quantitative estimate of drug-likeness (QED) is 0.598. The number of hydrogen-bond acceptors (Lipinski definition) is 3. The summed E-state index contributed by atoms with van der Waals surface area (Å²) in [6.45, 7) is 3.01. The monoisotopic (exact) mass is 186 g/mol. The van der Waals surface area contributed by atoms with E-state index in [1.54, 1.807) is 0 Å². The lowest BCUT2D eigenvalue weighted by molar-refractivity contribution is 0.199. The average molecular weight is 186 g/mol. The minimum atomic E-state index is 0.206. The molecular weight excluding hydrogens is 164 g/mol. The van der Waals surface area contributed by atoms with E-state index in [1.165, 1.54) is 25.7 Å². The number of aliphatic hydroxyl groups excluding tert-OH is 1. The molecule has 0 saturated heterocycles. The summed E-state index contributed by atoms with van der Waals surface area (Å²) in [5, 5.41) is 12.4. The molecule has 1 aliphatic rings. The van der Waals surface area contributed by atoms with E-state index in [9.17, 15) is 0 Å². The van der Waals surface area contributed by atoms with Crippen molar-refractivity contribution in [1.82, 2.24) is 5.32 Å². The van der Waals surface area contributed by atoms with E-state index < -0.39 is 0 Å². The molecule has 1 rings (SSSR count). The summed E-state index contributed by atoms with van der Waals surface area (Å²) in [7, 11) is 0. The standard InChI is InChI=1S/C10H22N2O/c1-8(7-13)12-10-5-3-2-4-9(10)6-11/h8-10,12-13H,2-7,11H2,1H3. The Balaban J connectivity index is 2.35. The topological polar surface area (TPSA) is 58.3 Å². The summed E-state index contributed by atoms with van der Waals surface area (Å²) in [5.74, 6) is 0.614. The molecule has 0 aromatic carbocycles. The predicted molar refractivity (Wildman–Crippen MR) is 54.5 cm³/mol. The minimum Gasteiger partial charge on any atom is -0.395 e. The summed E-state index contributed by atoms with van der Waals surface area (Å²) in [5.41, 5.74) is 5.71. The molecule has 1 fully saturated rings. The van der Waals surface area contributed by atoms with E-state index >= 15 is 0 Å². The fraction of sp³-hybridized carbons (Fsp3) is 1.00. The molecule has 0 bridgehead atoms.